The van der Waals surface area contributed by atoms with Crippen LogP contribution in [0.3, 0.4) is 0 Å². The number of aromatic nitrogens is 1. The molecule has 1 aromatic heterocycles. The van der Waals surface area contributed by atoms with Gasteiger partial charge in [0.15, 0.2) is 5.13 Å². The van der Waals surface area contributed by atoms with Crippen LogP contribution in [0.5, 0.6) is 0 Å². The lowest BCUT2D eigenvalue weighted by molar-refractivity contribution is 0.404. The zero-order valence-corrected chi connectivity index (χ0v) is 11.8. The molecule has 98 valence electrons. The summed E-state index contributed by atoms with van der Waals surface area (Å²) in [6.45, 7) is 0. The smallest absolute Gasteiger partial charge is 0.184 e. The van der Waals surface area contributed by atoms with Crippen LogP contribution < -0.4 is 11.1 Å². The van der Waals surface area contributed by atoms with Gasteiger partial charge in [0.2, 0.25) is 0 Å². The fourth-order valence-electron chi connectivity index (χ4n) is 2.43. The third-order valence-corrected chi connectivity index (χ3v) is 4.39. The van der Waals surface area contributed by atoms with Gasteiger partial charge in [-0.25, -0.2) is 4.98 Å². The van der Waals surface area contributed by atoms with E-state index in [0.29, 0.717) is 6.04 Å². The van der Waals surface area contributed by atoms with Gasteiger partial charge in [-0.3, -0.25) is 0 Å². The van der Waals surface area contributed by atoms with Gasteiger partial charge in [0.25, 0.3) is 0 Å². The van der Waals surface area contributed by atoms with E-state index in [1.807, 2.05) is 6.07 Å². The molecule has 18 heavy (non-hydrogen) atoms. The summed E-state index contributed by atoms with van der Waals surface area (Å²) in [5.41, 5.74) is 7.21. The summed E-state index contributed by atoms with van der Waals surface area (Å²) >= 11 is 1.72. The molecule has 1 heterocycles. The van der Waals surface area contributed by atoms with Gasteiger partial charge in [0, 0.05) is 12.1 Å². The Morgan fingerprint density at radius 1 is 1.22 bits per heavy atom. The highest BCUT2D eigenvalue weighted by Crippen LogP contribution is 2.28. The summed E-state index contributed by atoms with van der Waals surface area (Å²) in [5, 5.41) is 4.51. The van der Waals surface area contributed by atoms with Crippen molar-refractivity contribution in [3.8, 4) is 0 Å². The highest BCUT2D eigenvalue weighted by Gasteiger charge is 2.22. The molecule has 0 bridgehead atoms. The molecule has 3 rings (SSSR count). The van der Waals surface area contributed by atoms with Gasteiger partial charge in [0.05, 0.1) is 10.2 Å². The molecule has 0 saturated heterocycles. The van der Waals surface area contributed by atoms with E-state index < -0.39 is 0 Å². The predicted octanol–water partition coefficient (Wildman–Crippen LogP) is 3.40. The second-order valence-corrected chi connectivity index (χ2v) is 5.72. The normalized spacial score (nSPS) is 23.6. The first-order valence-electron chi connectivity index (χ1n) is 6.20. The van der Waals surface area contributed by atoms with Gasteiger partial charge in [0.1, 0.15) is 0 Å². The summed E-state index contributed by atoms with van der Waals surface area (Å²) in [5.74, 6) is 0. The van der Waals surface area contributed by atoms with Crippen molar-refractivity contribution in [3.05, 3.63) is 24.3 Å². The molecule has 3 N–H and O–H groups in total. The third-order valence-electron chi connectivity index (χ3n) is 3.42. The predicted molar refractivity (Wildman–Crippen MR) is 80.7 cm³/mol. The molecule has 0 radical (unpaired) electrons. The first kappa shape index (κ1) is 13.6. The largest absolute Gasteiger partial charge is 0.357 e. The molecular weight excluding hydrogens is 266 g/mol. The molecular formula is C13H18ClN3S. The number of halogens is 1. The maximum atomic E-state index is 6.14. The molecule has 2 unspecified atom stereocenters. The average Bonchev–Trinajstić information content (AvgIpc) is 2.74. The van der Waals surface area contributed by atoms with E-state index in [9.17, 15) is 0 Å². The second-order valence-electron chi connectivity index (χ2n) is 4.69. The van der Waals surface area contributed by atoms with Crippen molar-refractivity contribution in [2.24, 2.45) is 5.73 Å². The van der Waals surface area contributed by atoms with Gasteiger partial charge in [-0.15, -0.1) is 12.4 Å². The van der Waals surface area contributed by atoms with Crippen LogP contribution in [-0.4, -0.2) is 17.1 Å². The minimum Gasteiger partial charge on any atom is -0.357 e. The molecule has 2 aromatic rings. The summed E-state index contributed by atoms with van der Waals surface area (Å²) < 4.78 is 1.24. The summed E-state index contributed by atoms with van der Waals surface area (Å²) in [6.07, 6.45) is 4.83. The molecule has 1 aromatic carbocycles. The van der Waals surface area contributed by atoms with Gasteiger partial charge in [-0.05, 0) is 25.0 Å². The number of para-hydroxylation sites is 1. The molecule has 0 amide bonds. The lowest BCUT2D eigenvalue weighted by Gasteiger charge is -2.28. The van der Waals surface area contributed by atoms with Crippen LogP contribution in [0.1, 0.15) is 25.7 Å². The van der Waals surface area contributed by atoms with Gasteiger partial charge >= 0.3 is 0 Å². The number of hydrogen-bond donors (Lipinski definition) is 2. The molecule has 1 aliphatic rings. The number of nitrogens with one attached hydrogen (secondary N) is 1. The van der Waals surface area contributed by atoms with E-state index in [1.54, 1.807) is 11.3 Å². The molecule has 2 atom stereocenters. The first-order chi connectivity index (χ1) is 8.33. The highest BCUT2D eigenvalue weighted by atomic mass is 35.5. The topological polar surface area (TPSA) is 50.9 Å². The van der Waals surface area contributed by atoms with E-state index in [2.05, 4.69) is 28.5 Å². The third kappa shape index (κ3) is 2.76. The van der Waals surface area contributed by atoms with Crippen LogP contribution in [0.2, 0.25) is 0 Å². The summed E-state index contributed by atoms with van der Waals surface area (Å²) in [4.78, 5) is 4.59. The minimum absolute atomic E-state index is 0. The Hall–Kier alpha value is -0.840. The van der Waals surface area contributed by atoms with Crippen molar-refractivity contribution in [1.29, 1.82) is 0 Å². The SMILES string of the molecule is Cl.NC1CCCCC1Nc1nc2ccccc2s1. The van der Waals surface area contributed by atoms with Crippen LogP contribution in [0.15, 0.2) is 24.3 Å². The van der Waals surface area contributed by atoms with Crippen molar-refractivity contribution in [2.45, 2.75) is 37.8 Å². The molecule has 3 nitrogen and oxygen atoms in total. The molecule has 5 heteroatoms. The first-order valence-corrected chi connectivity index (χ1v) is 7.02. The number of nitrogens with zero attached hydrogens (tertiary/aromatic N) is 1. The van der Waals surface area contributed by atoms with Crippen molar-refractivity contribution in [3.63, 3.8) is 0 Å². The standard InChI is InChI=1S/C13H17N3S.ClH/c14-9-5-1-2-6-10(9)15-13-16-11-7-3-4-8-12(11)17-13;/h3-4,7-10H,1-2,5-6,14H2,(H,15,16);1H. The molecule has 1 aliphatic carbocycles. The van der Waals surface area contributed by atoms with Crippen molar-refractivity contribution >= 4 is 39.1 Å². The van der Waals surface area contributed by atoms with E-state index in [4.69, 9.17) is 5.73 Å². The molecule has 1 fully saturated rings. The lowest BCUT2D eigenvalue weighted by Crippen LogP contribution is -2.42. The van der Waals surface area contributed by atoms with Gasteiger partial charge < -0.3 is 11.1 Å². The quantitative estimate of drug-likeness (QED) is 0.888. The van der Waals surface area contributed by atoms with Crippen LogP contribution in [0.25, 0.3) is 10.2 Å². The number of anilines is 1. The van der Waals surface area contributed by atoms with Crippen LogP contribution >= 0.6 is 23.7 Å². The highest BCUT2D eigenvalue weighted by molar-refractivity contribution is 7.22. The molecule has 0 aliphatic heterocycles. The van der Waals surface area contributed by atoms with Gasteiger partial charge in [-0.2, -0.15) is 0 Å². The fraction of sp³-hybridized carbons (Fsp3) is 0.462. The number of benzene rings is 1. The lowest BCUT2D eigenvalue weighted by atomic mass is 9.91. The number of nitrogens with two attached hydrogens (primary N) is 1. The molecule has 0 spiro atoms. The van der Waals surface area contributed by atoms with E-state index in [0.717, 1.165) is 23.5 Å². The maximum Gasteiger partial charge on any atom is 0.184 e. The van der Waals surface area contributed by atoms with Crippen LogP contribution in [-0.2, 0) is 0 Å². The zero-order chi connectivity index (χ0) is 11.7. The number of thiazole rings is 1. The number of rotatable bonds is 2. The Kier molecular flexibility index (Phi) is 4.43. The Labute approximate surface area is 117 Å². The summed E-state index contributed by atoms with van der Waals surface area (Å²) in [6, 6.07) is 8.91. The van der Waals surface area contributed by atoms with Crippen LogP contribution in [0, 0.1) is 0 Å². The van der Waals surface area contributed by atoms with E-state index in [-0.39, 0.29) is 18.4 Å². The van der Waals surface area contributed by atoms with E-state index in [1.165, 1.54) is 17.5 Å². The van der Waals surface area contributed by atoms with Crippen LogP contribution in [0.4, 0.5) is 5.13 Å². The van der Waals surface area contributed by atoms with Crippen molar-refractivity contribution < 1.29 is 0 Å². The maximum absolute atomic E-state index is 6.14. The monoisotopic (exact) mass is 283 g/mol. The number of hydrogen-bond acceptors (Lipinski definition) is 4. The second kappa shape index (κ2) is 5.87. The Bertz CT molecular complexity index is 481. The Balaban J connectivity index is 0.00000120. The fourth-order valence-corrected chi connectivity index (χ4v) is 3.36. The number of fused-ring (bicyclic) bond motifs is 1. The Morgan fingerprint density at radius 2 is 2.00 bits per heavy atom. The molecule has 1 saturated carbocycles. The average molecular weight is 284 g/mol. The van der Waals surface area contributed by atoms with Crippen molar-refractivity contribution in [1.82, 2.24) is 4.98 Å². The van der Waals surface area contributed by atoms with E-state index >= 15 is 0 Å². The summed E-state index contributed by atoms with van der Waals surface area (Å²) in [7, 11) is 0. The van der Waals surface area contributed by atoms with Crippen molar-refractivity contribution in [2.75, 3.05) is 5.32 Å². The minimum atomic E-state index is 0. The van der Waals surface area contributed by atoms with Gasteiger partial charge in [-0.1, -0.05) is 36.3 Å². The Morgan fingerprint density at radius 3 is 2.78 bits per heavy atom. The zero-order valence-electron chi connectivity index (χ0n) is 10.1.